The lowest BCUT2D eigenvalue weighted by atomic mass is 10.1. The number of quaternary nitrogens is 1. The van der Waals surface area contributed by atoms with E-state index in [1.807, 2.05) is 12.1 Å². The fourth-order valence-electron chi connectivity index (χ4n) is 3.89. The number of para-hydroxylation sites is 1. The molecule has 140 valence electrons. The number of aromatic nitrogens is 1. The van der Waals surface area contributed by atoms with Crippen molar-refractivity contribution in [3.63, 3.8) is 0 Å². The third kappa shape index (κ3) is 4.54. The van der Waals surface area contributed by atoms with E-state index in [0.717, 1.165) is 44.3 Å². The molecule has 4 rings (SSSR count). The first-order valence-electron chi connectivity index (χ1n) is 9.80. The van der Waals surface area contributed by atoms with Gasteiger partial charge in [-0.25, -0.2) is 4.98 Å². The van der Waals surface area contributed by atoms with Gasteiger partial charge in [-0.3, -0.25) is 4.79 Å². The van der Waals surface area contributed by atoms with Gasteiger partial charge in [-0.1, -0.05) is 42.5 Å². The SMILES string of the molecule is O=C(C[NH+]1CCC[C@@H]1c1nc2ccccc2s1)NCCCc1ccccc1. The van der Waals surface area contributed by atoms with Crippen molar-refractivity contribution in [3.05, 3.63) is 65.2 Å². The number of hydrogen-bond acceptors (Lipinski definition) is 3. The predicted molar refractivity (Wildman–Crippen MR) is 110 cm³/mol. The Hall–Kier alpha value is -2.24. The summed E-state index contributed by atoms with van der Waals surface area (Å²) < 4.78 is 1.24. The van der Waals surface area contributed by atoms with Crippen LogP contribution in [0.25, 0.3) is 10.2 Å². The number of benzene rings is 2. The van der Waals surface area contributed by atoms with Gasteiger partial charge in [0.1, 0.15) is 6.04 Å². The van der Waals surface area contributed by atoms with E-state index in [1.165, 1.54) is 20.2 Å². The molecule has 1 aliphatic heterocycles. The van der Waals surface area contributed by atoms with Crippen molar-refractivity contribution < 1.29 is 9.69 Å². The average molecular weight is 381 g/mol. The average Bonchev–Trinajstić information content (AvgIpc) is 3.32. The van der Waals surface area contributed by atoms with Crippen LogP contribution < -0.4 is 10.2 Å². The fraction of sp³-hybridized carbons (Fsp3) is 0.364. The van der Waals surface area contributed by atoms with Crippen LogP contribution in [-0.2, 0) is 11.2 Å². The Morgan fingerprint density at radius 3 is 2.81 bits per heavy atom. The molecular formula is C22H26N3OS+. The van der Waals surface area contributed by atoms with E-state index in [-0.39, 0.29) is 5.91 Å². The van der Waals surface area contributed by atoms with Crippen molar-refractivity contribution >= 4 is 27.5 Å². The number of hydrogen-bond donors (Lipinski definition) is 2. The van der Waals surface area contributed by atoms with Gasteiger partial charge < -0.3 is 10.2 Å². The molecule has 3 aromatic rings. The van der Waals surface area contributed by atoms with Crippen LogP contribution in [0.3, 0.4) is 0 Å². The van der Waals surface area contributed by atoms with Gasteiger partial charge in [-0.2, -0.15) is 0 Å². The maximum absolute atomic E-state index is 12.4. The molecule has 2 aromatic carbocycles. The van der Waals surface area contributed by atoms with Gasteiger partial charge in [0.05, 0.1) is 16.8 Å². The van der Waals surface area contributed by atoms with Gasteiger partial charge in [0, 0.05) is 19.4 Å². The highest BCUT2D eigenvalue weighted by Crippen LogP contribution is 2.28. The summed E-state index contributed by atoms with van der Waals surface area (Å²) in [6.45, 7) is 2.34. The predicted octanol–water partition coefficient (Wildman–Crippen LogP) is 2.77. The summed E-state index contributed by atoms with van der Waals surface area (Å²) >= 11 is 1.78. The van der Waals surface area contributed by atoms with E-state index >= 15 is 0 Å². The molecule has 1 aliphatic rings. The van der Waals surface area contributed by atoms with E-state index in [4.69, 9.17) is 4.98 Å². The summed E-state index contributed by atoms with van der Waals surface area (Å²) in [5.74, 6) is 0.158. The van der Waals surface area contributed by atoms with Crippen LogP contribution in [0.15, 0.2) is 54.6 Å². The lowest BCUT2D eigenvalue weighted by Crippen LogP contribution is -3.11. The Bertz CT molecular complexity index is 860. The largest absolute Gasteiger partial charge is 0.351 e. The van der Waals surface area contributed by atoms with Crippen molar-refractivity contribution in [3.8, 4) is 0 Å². The van der Waals surface area contributed by atoms with Crippen LogP contribution >= 0.6 is 11.3 Å². The zero-order chi connectivity index (χ0) is 18.5. The number of likely N-dealkylation sites (tertiary alicyclic amines) is 1. The highest BCUT2D eigenvalue weighted by Gasteiger charge is 2.33. The van der Waals surface area contributed by atoms with Crippen LogP contribution in [0.5, 0.6) is 0 Å². The minimum Gasteiger partial charge on any atom is -0.351 e. The Morgan fingerprint density at radius 1 is 1.15 bits per heavy atom. The fourth-order valence-corrected chi connectivity index (χ4v) is 5.06. The number of nitrogens with zero attached hydrogens (tertiary/aromatic N) is 1. The van der Waals surface area contributed by atoms with Gasteiger partial charge in [0.2, 0.25) is 0 Å². The van der Waals surface area contributed by atoms with E-state index in [2.05, 4.69) is 47.8 Å². The summed E-state index contributed by atoms with van der Waals surface area (Å²) in [5, 5.41) is 4.28. The van der Waals surface area contributed by atoms with Crippen LogP contribution in [0.1, 0.15) is 35.9 Å². The molecule has 1 aromatic heterocycles. The molecule has 0 spiro atoms. The molecule has 27 heavy (non-hydrogen) atoms. The van der Waals surface area contributed by atoms with Crippen molar-refractivity contribution in [2.45, 2.75) is 31.7 Å². The molecule has 4 nitrogen and oxygen atoms in total. The van der Waals surface area contributed by atoms with Gasteiger partial charge in [-0.15, -0.1) is 11.3 Å². The van der Waals surface area contributed by atoms with Gasteiger partial charge >= 0.3 is 0 Å². The number of carbonyl (C=O) groups is 1. The smallest absolute Gasteiger partial charge is 0.275 e. The number of nitrogens with one attached hydrogen (secondary N) is 2. The normalized spacial score (nSPS) is 19.4. The van der Waals surface area contributed by atoms with Crippen molar-refractivity contribution in [2.24, 2.45) is 0 Å². The van der Waals surface area contributed by atoms with Crippen molar-refractivity contribution in [2.75, 3.05) is 19.6 Å². The molecule has 2 atom stereocenters. The van der Waals surface area contributed by atoms with E-state index in [1.54, 1.807) is 11.3 Å². The number of amides is 1. The first-order valence-corrected chi connectivity index (χ1v) is 10.6. The minimum atomic E-state index is 0.158. The van der Waals surface area contributed by atoms with Gasteiger partial charge in [-0.05, 0) is 30.5 Å². The van der Waals surface area contributed by atoms with E-state index in [0.29, 0.717) is 12.6 Å². The molecule has 0 bridgehead atoms. The minimum absolute atomic E-state index is 0.158. The third-order valence-corrected chi connectivity index (χ3v) is 6.44. The van der Waals surface area contributed by atoms with Crippen LogP contribution in [-0.4, -0.2) is 30.5 Å². The van der Waals surface area contributed by atoms with Crippen LogP contribution in [0.4, 0.5) is 0 Å². The zero-order valence-electron chi connectivity index (χ0n) is 15.5. The summed E-state index contributed by atoms with van der Waals surface area (Å²) in [6, 6.07) is 19.1. The maximum atomic E-state index is 12.4. The Kier molecular flexibility index (Phi) is 5.80. The summed E-state index contributed by atoms with van der Waals surface area (Å²) in [5.41, 5.74) is 2.40. The maximum Gasteiger partial charge on any atom is 0.275 e. The molecule has 2 heterocycles. The summed E-state index contributed by atoms with van der Waals surface area (Å²) in [7, 11) is 0. The van der Waals surface area contributed by atoms with Crippen molar-refractivity contribution in [1.29, 1.82) is 0 Å². The van der Waals surface area contributed by atoms with E-state index < -0.39 is 0 Å². The Labute approximate surface area is 164 Å². The second-order valence-electron chi connectivity index (χ2n) is 7.24. The summed E-state index contributed by atoms with van der Waals surface area (Å²) in [4.78, 5) is 18.6. The number of aryl methyl sites for hydroxylation is 1. The quantitative estimate of drug-likeness (QED) is 0.619. The second-order valence-corrected chi connectivity index (χ2v) is 8.30. The molecular weight excluding hydrogens is 354 g/mol. The number of fused-ring (bicyclic) bond motifs is 1. The summed E-state index contributed by atoms with van der Waals surface area (Å²) in [6.07, 6.45) is 4.27. The molecule has 0 aliphatic carbocycles. The highest BCUT2D eigenvalue weighted by molar-refractivity contribution is 7.18. The molecule has 1 saturated heterocycles. The molecule has 2 N–H and O–H groups in total. The third-order valence-electron chi connectivity index (χ3n) is 5.29. The lowest BCUT2D eigenvalue weighted by Gasteiger charge is -2.19. The highest BCUT2D eigenvalue weighted by atomic mass is 32.1. The molecule has 5 heteroatoms. The Balaban J connectivity index is 1.28. The molecule has 0 radical (unpaired) electrons. The monoisotopic (exact) mass is 380 g/mol. The topological polar surface area (TPSA) is 46.4 Å². The zero-order valence-corrected chi connectivity index (χ0v) is 16.3. The first kappa shape index (κ1) is 18.1. The van der Waals surface area contributed by atoms with Crippen LogP contribution in [0.2, 0.25) is 0 Å². The number of carbonyl (C=O) groups excluding carboxylic acids is 1. The molecule has 0 saturated carbocycles. The number of thiazole rings is 1. The lowest BCUT2D eigenvalue weighted by molar-refractivity contribution is -0.910. The van der Waals surface area contributed by atoms with Crippen molar-refractivity contribution in [1.82, 2.24) is 10.3 Å². The standard InChI is InChI=1S/C22H25N3OS/c26-21(23-14-6-10-17-8-2-1-3-9-17)16-25-15-7-12-19(25)22-24-18-11-4-5-13-20(18)27-22/h1-5,8-9,11,13,19H,6-7,10,12,14-16H2,(H,23,26)/p+1/t19-/m1/s1. The molecule has 1 fully saturated rings. The van der Waals surface area contributed by atoms with Crippen LogP contribution in [0, 0.1) is 0 Å². The number of rotatable bonds is 7. The van der Waals surface area contributed by atoms with Gasteiger partial charge in [0.25, 0.3) is 5.91 Å². The second kappa shape index (κ2) is 8.63. The first-order chi connectivity index (χ1) is 13.3. The Morgan fingerprint density at radius 2 is 1.96 bits per heavy atom. The van der Waals surface area contributed by atoms with E-state index in [9.17, 15) is 4.79 Å². The molecule has 1 unspecified atom stereocenters. The van der Waals surface area contributed by atoms with Gasteiger partial charge in [0.15, 0.2) is 11.6 Å². The molecule has 1 amide bonds.